The number of nitrogens with one attached hydrogen (secondary N) is 2. The van der Waals surface area contributed by atoms with Crippen molar-refractivity contribution < 1.29 is 13.9 Å². The molecule has 2 N–H and O–H groups in total. The van der Waals surface area contributed by atoms with E-state index in [2.05, 4.69) is 20.7 Å². The van der Waals surface area contributed by atoms with Crippen LogP contribution in [-0.4, -0.2) is 20.8 Å². The maximum atomic E-state index is 13.8. The van der Waals surface area contributed by atoms with Crippen LogP contribution in [0.3, 0.4) is 0 Å². The normalized spacial score (nSPS) is 15.4. The lowest BCUT2D eigenvalue weighted by molar-refractivity contribution is 0.244. The number of hydrogen-bond acceptors (Lipinski definition) is 4. The van der Waals surface area contributed by atoms with Gasteiger partial charge in [0.2, 0.25) is 0 Å². The number of rotatable bonds is 5. The fraction of sp³-hybridized carbons (Fsp3) is 0.286. The molecule has 0 spiro atoms. The summed E-state index contributed by atoms with van der Waals surface area (Å²) in [5.41, 5.74) is 0.248. The molecule has 8 heteroatoms. The van der Waals surface area contributed by atoms with E-state index in [-0.39, 0.29) is 11.7 Å². The maximum Gasteiger partial charge on any atom is 0.319 e. The number of nitrogens with zero attached hydrogens (tertiary/aromatic N) is 3. The summed E-state index contributed by atoms with van der Waals surface area (Å²) in [5.74, 6) is 2.00. The Balaban J connectivity index is 1.49. The number of urea groups is 1. The van der Waals surface area contributed by atoms with Gasteiger partial charge in [-0.15, -0.1) is 0 Å². The minimum atomic E-state index is -0.467. The van der Waals surface area contributed by atoms with Gasteiger partial charge >= 0.3 is 6.03 Å². The average molecular weight is 395 g/mol. The van der Waals surface area contributed by atoms with Gasteiger partial charge in [0.25, 0.3) is 0 Å². The zero-order chi connectivity index (χ0) is 20.2. The number of halogens is 1. The molecule has 0 saturated carbocycles. The van der Waals surface area contributed by atoms with Gasteiger partial charge in [-0.25, -0.2) is 18.9 Å². The minimum absolute atomic E-state index is 0.247. The average Bonchev–Trinajstić information content (AvgIpc) is 3.15. The third-order valence-corrected chi connectivity index (χ3v) is 4.70. The Morgan fingerprint density at radius 1 is 1.28 bits per heavy atom. The van der Waals surface area contributed by atoms with Crippen LogP contribution >= 0.6 is 0 Å². The number of fused-ring (bicyclic) bond motifs is 1. The van der Waals surface area contributed by atoms with Gasteiger partial charge in [0.1, 0.15) is 17.4 Å². The van der Waals surface area contributed by atoms with Gasteiger partial charge in [-0.2, -0.15) is 5.10 Å². The Hall–Kier alpha value is -3.42. The van der Waals surface area contributed by atoms with Crippen LogP contribution in [0.1, 0.15) is 37.5 Å². The summed E-state index contributed by atoms with van der Waals surface area (Å²) in [7, 11) is 0. The summed E-state index contributed by atoms with van der Waals surface area (Å²) < 4.78 is 21.4. The van der Waals surface area contributed by atoms with Crippen molar-refractivity contribution in [2.75, 3.05) is 5.32 Å². The van der Waals surface area contributed by atoms with Crippen LogP contribution < -0.4 is 15.4 Å². The van der Waals surface area contributed by atoms with Crippen LogP contribution in [0.2, 0.25) is 0 Å². The van der Waals surface area contributed by atoms with Gasteiger partial charge in [0, 0.05) is 19.0 Å². The third kappa shape index (κ3) is 4.37. The quantitative estimate of drug-likeness (QED) is 0.670. The zero-order valence-corrected chi connectivity index (χ0v) is 16.1. The number of benzene rings is 2. The van der Waals surface area contributed by atoms with E-state index in [0.717, 1.165) is 37.5 Å². The molecule has 0 bridgehead atoms. The molecule has 0 saturated heterocycles. The fourth-order valence-electron chi connectivity index (χ4n) is 3.31. The molecule has 0 fully saturated rings. The number of amides is 2. The van der Waals surface area contributed by atoms with E-state index in [1.54, 1.807) is 12.1 Å². The SMILES string of the molecule is CCc1nc2n(n1)CCCC2NC(=O)Nc1cc(F)ccc1Oc1ccccc1. The maximum absolute atomic E-state index is 13.8. The van der Waals surface area contributed by atoms with E-state index in [0.29, 0.717) is 11.5 Å². The summed E-state index contributed by atoms with van der Waals surface area (Å²) in [6, 6.07) is 12.4. The number of anilines is 1. The van der Waals surface area contributed by atoms with Crippen molar-refractivity contribution in [3.05, 3.63) is 66.0 Å². The molecule has 1 atom stereocenters. The predicted molar refractivity (Wildman–Crippen MR) is 106 cm³/mol. The first kappa shape index (κ1) is 18.9. The molecule has 2 aromatic carbocycles. The van der Waals surface area contributed by atoms with Crippen molar-refractivity contribution in [1.82, 2.24) is 20.1 Å². The lowest BCUT2D eigenvalue weighted by Crippen LogP contribution is -2.36. The lowest BCUT2D eigenvalue weighted by Gasteiger charge is -2.23. The topological polar surface area (TPSA) is 81.1 Å². The number of carbonyl (C=O) groups is 1. The molecule has 1 aliphatic rings. The van der Waals surface area contributed by atoms with Crippen molar-refractivity contribution in [1.29, 1.82) is 0 Å². The summed E-state index contributed by atoms with van der Waals surface area (Å²) in [5, 5.41) is 10.1. The van der Waals surface area contributed by atoms with Crippen LogP contribution in [0, 0.1) is 5.82 Å². The van der Waals surface area contributed by atoms with Gasteiger partial charge in [-0.05, 0) is 37.1 Å². The van der Waals surface area contributed by atoms with Crippen molar-refractivity contribution in [3.8, 4) is 11.5 Å². The number of para-hydroxylation sites is 1. The van der Waals surface area contributed by atoms with Crippen molar-refractivity contribution in [2.45, 2.75) is 38.8 Å². The molecular weight excluding hydrogens is 373 g/mol. The standard InChI is InChI=1S/C21H22FN5O2/c1-2-19-25-20-16(9-6-12-27(20)26-19)23-21(28)24-17-13-14(22)10-11-18(17)29-15-7-4-3-5-8-15/h3-5,7-8,10-11,13,16H,2,6,9,12H2,1H3,(H2,23,24,28). The number of carbonyl (C=O) groups excluding carboxylic acids is 1. The molecule has 29 heavy (non-hydrogen) atoms. The number of aromatic nitrogens is 3. The second-order valence-electron chi connectivity index (χ2n) is 6.81. The smallest absolute Gasteiger partial charge is 0.319 e. The van der Waals surface area contributed by atoms with E-state index < -0.39 is 11.8 Å². The molecule has 4 rings (SSSR count). The molecule has 1 unspecified atom stereocenters. The molecule has 3 aromatic rings. The van der Waals surface area contributed by atoms with Gasteiger partial charge in [0.05, 0.1) is 11.7 Å². The van der Waals surface area contributed by atoms with Gasteiger partial charge < -0.3 is 15.4 Å². The Labute approximate surface area is 167 Å². The van der Waals surface area contributed by atoms with Gasteiger partial charge in [0.15, 0.2) is 11.6 Å². The summed E-state index contributed by atoms with van der Waals surface area (Å²) >= 11 is 0. The highest BCUT2D eigenvalue weighted by Gasteiger charge is 2.25. The molecule has 1 aromatic heterocycles. The van der Waals surface area contributed by atoms with Crippen LogP contribution in [0.25, 0.3) is 0 Å². The first-order valence-corrected chi connectivity index (χ1v) is 9.66. The molecule has 0 radical (unpaired) electrons. The van der Waals surface area contributed by atoms with Gasteiger partial charge in [-0.1, -0.05) is 25.1 Å². The fourth-order valence-corrected chi connectivity index (χ4v) is 3.31. The Morgan fingerprint density at radius 3 is 2.90 bits per heavy atom. The monoisotopic (exact) mass is 395 g/mol. The van der Waals surface area contributed by atoms with E-state index >= 15 is 0 Å². The highest BCUT2D eigenvalue weighted by Crippen LogP contribution is 2.30. The summed E-state index contributed by atoms with van der Waals surface area (Å²) in [6.07, 6.45) is 2.40. The number of ether oxygens (including phenoxy) is 1. The van der Waals surface area contributed by atoms with Crippen molar-refractivity contribution in [2.24, 2.45) is 0 Å². The predicted octanol–water partition coefficient (Wildman–Crippen LogP) is 4.43. The van der Waals surface area contributed by atoms with Crippen molar-refractivity contribution >= 4 is 11.7 Å². The van der Waals surface area contributed by atoms with E-state index in [9.17, 15) is 9.18 Å². The van der Waals surface area contributed by atoms with E-state index in [1.165, 1.54) is 18.2 Å². The van der Waals surface area contributed by atoms with Gasteiger partial charge in [-0.3, -0.25) is 0 Å². The van der Waals surface area contributed by atoms with Crippen LogP contribution in [0.4, 0.5) is 14.9 Å². The summed E-state index contributed by atoms with van der Waals surface area (Å²) in [4.78, 5) is 17.1. The lowest BCUT2D eigenvalue weighted by atomic mass is 10.1. The van der Waals surface area contributed by atoms with E-state index in [4.69, 9.17) is 4.74 Å². The highest BCUT2D eigenvalue weighted by molar-refractivity contribution is 5.91. The zero-order valence-electron chi connectivity index (χ0n) is 16.1. The first-order valence-electron chi connectivity index (χ1n) is 9.66. The Bertz CT molecular complexity index is 1010. The second-order valence-corrected chi connectivity index (χ2v) is 6.81. The Kier molecular flexibility index (Phi) is 5.41. The molecular formula is C21H22FN5O2. The molecule has 7 nitrogen and oxygen atoms in total. The van der Waals surface area contributed by atoms with Crippen LogP contribution in [-0.2, 0) is 13.0 Å². The van der Waals surface area contributed by atoms with Crippen molar-refractivity contribution in [3.63, 3.8) is 0 Å². The largest absolute Gasteiger partial charge is 0.455 e. The van der Waals surface area contributed by atoms with Crippen LogP contribution in [0.5, 0.6) is 11.5 Å². The first-order chi connectivity index (χ1) is 14.1. The Morgan fingerprint density at radius 2 is 2.10 bits per heavy atom. The number of aryl methyl sites for hydroxylation is 2. The molecule has 2 amide bonds. The van der Waals surface area contributed by atoms with E-state index in [1.807, 2.05) is 29.8 Å². The molecule has 1 aliphatic heterocycles. The highest BCUT2D eigenvalue weighted by atomic mass is 19.1. The minimum Gasteiger partial charge on any atom is -0.455 e. The third-order valence-electron chi connectivity index (χ3n) is 4.70. The summed E-state index contributed by atoms with van der Waals surface area (Å²) in [6.45, 7) is 2.79. The molecule has 2 heterocycles. The number of hydrogen-bond donors (Lipinski definition) is 2. The molecule has 150 valence electrons. The molecule has 0 aliphatic carbocycles. The van der Waals surface area contributed by atoms with Crippen LogP contribution in [0.15, 0.2) is 48.5 Å². The second kappa shape index (κ2) is 8.30.